The van der Waals surface area contributed by atoms with Crippen LogP contribution in [0.25, 0.3) is 5.57 Å². The topological polar surface area (TPSA) is 26.7 Å². The van der Waals surface area contributed by atoms with E-state index in [2.05, 4.69) is 95.9 Å². The summed E-state index contributed by atoms with van der Waals surface area (Å²) in [6.45, 7) is 0.798. The number of rotatable bonds is 4. The molecule has 0 saturated heterocycles. The Morgan fingerprint density at radius 3 is 2.69 bits per heavy atom. The third kappa shape index (κ3) is 3.18. The van der Waals surface area contributed by atoms with Gasteiger partial charge in [0.15, 0.2) is 0 Å². The monoisotopic (exact) mass is 362 g/mol. The normalized spacial score (nSPS) is 20.1. The van der Waals surface area contributed by atoms with Gasteiger partial charge in [-0.3, -0.25) is 0 Å². The van der Waals surface area contributed by atoms with E-state index in [9.17, 15) is 5.11 Å². The average Bonchev–Trinajstić information content (AvgIpc) is 3.02. The van der Waals surface area contributed by atoms with Crippen molar-refractivity contribution in [3.8, 4) is 0 Å². The van der Waals surface area contributed by atoms with Crippen LogP contribution in [-0.4, -0.2) is 30.7 Å². The standard InChI is InChI=1S/C22H22N2OS/c1-23-14-13-17(18-8-2-3-9-19(18)23)7-6-12-22-24(15-16-25)20-10-4-5-11-21(20)26-22/h2-14,22,25H,15-16H2,1H3. The summed E-state index contributed by atoms with van der Waals surface area (Å²) in [4.78, 5) is 5.67. The van der Waals surface area contributed by atoms with Crippen LogP contribution in [0.2, 0.25) is 0 Å². The van der Waals surface area contributed by atoms with Crippen LogP contribution in [0.3, 0.4) is 0 Å². The molecule has 2 aromatic rings. The molecule has 1 N–H and O–H groups in total. The molecular weight excluding hydrogens is 340 g/mol. The molecule has 0 amide bonds. The Hall–Kier alpha value is -2.43. The molecule has 3 nitrogen and oxygen atoms in total. The van der Waals surface area contributed by atoms with E-state index in [4.69, 9.17) is 0 Å². The van der Waals surface area contributed by atoms with E-state index in [1.165, 1.54) is 27.4 Å². The number of aliphatic hydroxyl groups excluding tert-OH is 1. The van der Waals surface area contributed by atoms with E-state index in [0.717, 1.165) is 0 Å². The lowest BCUT2D eigenvalue weighted by molar-refractivity contribution is 0.302. The van der Waals surface area contributed by atoms with E-state index in [-0.39, 0.29) is 12.0 Å². The summed E-state index contributed by atoms with van der Waals surface area (Å²) in [6.07, 6.45) is 10.8. The first-order chi connectivity index (χ1) is 12.8. The maximum Gasteiger partial charge on any atom is 0.0986 e. The van der Waals surface area contributed by atoms with Gasteiger partial charge in [0, 0.05) is 35.9 Å². The van der Waals surface area contributed by atoms with Crippen molar-refractivity contribution in [1.82, 2.24) is 0 Å². The average molecular weight is 362 g/mol. The summed E-state index contributed by atoms with van der Waals surface area (Å²) in [5, 5.41) is 9.64. The molecule has 0 aromatic heterocycles. The SMILES string of the molecule is CN1C=CC(=CC=CC2Sc3ccccc3N2CCO)c2ccccc21. The number of anilines is 2. The van der Waals surface area contributed by atoms with Crippen molar-refractivity contribution in [2.24, 2.45) is 0 Å². The van der Waals surface area contributed by atoms with E-state index in [0.29, 0.717) is 6.54 Å². The zero-order valence-corrected chi connectivity index (χ0v) is 15.6. The summed E-state index contributed by atoms with van der Waals surface area (Å²) in [5.41, 5.74) is 4.89. The summed E-state index contributed by atoms with van der Waals surface area (Å²) in [6, 6.07) is 16.8. The Bertz CT molecular complexity index is 887. The van der Waals surface area contributed by atoms with Gasteiger partial charge in [0.1, 0.15) is 0 Å². The van der Waals surface area contributed by atoms with E-state index in [1.54, 1.807) is 0 Å². The number of benzene rings is 2. The van der Waals surface area contributed by atoms with Gasteiger partial charge in [-0.15, -0.1) is 0 Å². The Balaban J connectivity index is 1.57. The first kappa shape index (κ1) is 17.0. The molecule has 0 bridgehead atoms. The molecule has 2 heterocycles. The van der Waals surface area contributed by atoms with Gasteiger partial charge in [-0.05, 0) is 29.8 Å². The van der Waals surface area contributed by atoms with Gasteiger partial charge in [0.25, 0.3) is 0 Å². The predicted molar refractivity (Wildman–Crippen MR) is 112 cm³/mol. The number of nitrogens with zero attached hydrogens (tertiary/aromatic N) is 2. The molecule has 0 fully saturated rings. The van der Waals surface area contributed by atoms with Crippen molar-refractivity contribution in [2.45, 2.75) is 10.3 Å². The fourth-order valence-corrected chi connectivity index (χ4v) is 4.65. The molecule has 2 aliphatic rings. The predicted octanol–water partition coefficient (Wildman–Crippen LogP) is 4.52. The van der Waals surface area contributed by atoms with Crippen LogP contribution in [-0.2, 0) is 0 Å². The summed E-state index contributed by atoms with van der Waals surface area (Å²) in [7, 11) is 2.07. The maximum absolute atomic E-state index is 9.43. The highest BCUT2D eigenvalue weighted by Crippen LogP contribution is 2.43. The Kier molecular flexibility index (Phi) is 4.87. The van der Waals surface area contributed by atoms with Crippen LogP contribution in [0.1, 0.15) is 5.56 Å². The number of hydrogen-bond donors (Lipinski definition) is 1. The zero-order valence-electron chi connectivity index (χ0n) is 14.7. The number of aliphatic hydroxyl groups is 1. The van der Waals surface area contributed by atoms with Crippen LogP contribution >= 0.6 is 11.8 Å². The largest absolute Gasteiger partial charge is 0.395 e. The smallest absolute Gasteiger partial charge is 0.0986 e. The number of allylic oxidation sites excluding steroid dienone is 4. The van der Waals surface area contributed by atoms with Crippen LogP contribution in [0, 0.1) is 0 Å². The second-order valence-corrected chi connectivity index (χ2v) is 7.50. The maximum atomic E-state index is 9.43. The number of β-amino-alcohol motifs (C(OH)–C–C–N with tert-alkyl or cyclic N) is 1. The third-order valence-electron chi connectivity index (χ3n) is 4.69. The molecule has 0 saturated carbocycles. The van der Waals surface area contributed by atoms with Crippen molar-refractivity contribution in [3.05, 3.63) is 84.6 Å². The van der Waals surface area contributed by atoms with Crippen molar-refractivity contribution in [2.75, 3.05) is 30.0 Å². The number of thioether (sulfide) groups is 1. The molecule has 0 aliphatic carbocycles. The minimum atomic E-state index is 0.156. The second-order valence-electron chi connectivity index (χ2n) is 6.34. The molecule has 4 rings (SSSR count). The molecule has 1 atom stereocenters. The lowest BCUT2D eigenvalue weighted by Crippen LogP contribution is -2.30. The molecule has 0 radical (unpaired) electrons. The summed E-state index contributed by atoms with van der Waals surface area (Å²) in [5.74, 6) is 0. The first-order valence-corrected chi connectivity index (χ1v) is 9.68. The van der Waals surface area contributed by atoms with Crippen LogP contribution in [0.4, 0.5) is 11.4 Å². The van der Waals surface area contributed by atoms with Crippen molar-refractivity contribution in [1.29, 1.82) is 0 Å². The highest BCUT2D eigenvalue weighted by molar-refractivity contribution is 8.00. The van der Waals surface area contributed by atoms with Crippen molar-refractivity contribution >= 4 is 28.7 Å². The van der Waals surface area contributed by atoms with Gasteiger partial charge in [-0.1, -0.05) is 60.3 Å². The fraction of sp³-hybridized carbons (Fsp3) is 0.182. The van der Waals surface area contributed by atoms with Gasteiger partial charge < -0.3 is 14.9 Å². The van der Waals surface area contributed by atoms with Gasteiger partial charge in [-0.2, -0.15) is 0 Å². The highest BCUT2D eigenvalue weighted by atomic mass is 32.2. The molecular formula is C22H22N2OS. The first-order valence-electron chi connectivity index (χ1n) is 8.80. The molecule has 1 unspecified atom stereocenters. The molecule has 0 spiro atoms. The van der Waals surface area contributed by atoms with Crippen LogP contribution < -0.4 is 9.80 Å². The lowest BCUT2D eigenvalue weighted by Gasteiger charge is -2.24. The van der Waals surface area contributed by atoms with Crippen LogP contribution in [0.5, 0.6) is 0 Å². The zero-order chi connectivity index (χ0) is 17.9. The Morgan fingerprint density at radius 1 is 1.08 bits per heavy atom. The summed E-state index contributed by atoms with van der Waals surface area (Å²) >= 11 is 1.83. The highest BCUT2D eigenvalue weighted by Gasteiger charge is 2.27. The molecule has 4 heteroatoms. The number of hydrogen-bond acceptors (Lipinski definition) is 4. The van der Waals surface area contributed by atoms with Crippen molar-refractivity contribution in [3.63, 3.8) is 0 Å². The molecule has 26 heavy (non-hydrogen) atoms. The quantitative estimate of drug-likeness (QED) is 0.865. The van der Waals surface area contributed by atoms with Crippen LogP contribution in [0.15, 0.2) is 83.9 Å². The third-order valence-corrected chi connectivity index (χ3v) is 5.95. The second kappa shape index (κ2) is 7.44. The number of fused-ring (bicyclic) bond motifs is 2. The van der Waals surface area contributed by atoms with Gasteiger partial charge in [-0.25, -0.2) is 0 Å². The molecule has 2 aliphatic heterocycles. The number of para-hydroxylation sites is 2. The van der Waals surface area contributed by atoms with Crippen molar-refractivity contribution < 1.29 is 5.11 Å². The minimum absolute atomic E-state index is 0.156. The van der Waals surface area contributed by atoms with Gasteiger partial charge in [0.05, 0.1) is 17.7 Å². The minimum Gasteiger partial charge on any atom is -0.395 e. The van der Waals surface area contributed by atoms with Gasteiger partial charge >= 0.3 is 0 Å². The Morgan fingerprint density at radius 2 is 1.85 bits per heavy atom. The van der Waals surface area contributed by atoms with E-state index >= 15 is 0 Å². The van der Waals surface area contributed by atoms with E-state index in [1.807, 2.05) is 11.8 Å². The summed E-state index contributed by atoms with van der Waals surface area (Å²) < 4.78 is 0. The Labute approximate surface area is 158 Å². The van der Waals surface area contributed by atoms with Gasteiger partial charge in [0.2, 0.25) is 0 Å². The fourth-order valence-electron chi connectivity index (χ4n) is 3.41. The lowest BCUT2D eigenvalue weighted by atomic mass is 10.00. The molecule has 132 valence electrons. The van der Waals surface area contributed by atoms with E-state index < -0.39 is 0 Å². The molecule has 2 aromatic carbocycles.